The number of benzene rings is 1. The van der Waals surface area contributed by atoms with Gasteiger partial charge in [-0.15, -0.1) is 0 Å². The van der Waals surface area contributed by atoms with Gasteiger partial charge >= 0.3 is 6.18 Å². The number of hydrogen-bond acceptors (Lipinski definition) is 3. The van der Waals surface area contributed by atoms with Crippen molar-refractivity contribution >= 4 is 11.9 Å². The number of guanidine groups is 1. The number of nitrogens with one attached hydrogen (secondary N) is 2. The van der Waals surface area contributed by atoms with Gasteiger partial charge in [0.25, 0.3) is 0 Å². The summed E-state index contributed by atoms with van der Waals surface area (Å²) < 4.78 is 44.8. The minimum Gasteiger partial charge on any atom is -0.370 e. The third kappa shape index (κ3) is 6.09. The van der Waals surface area contributed by atoms with Gasteiger partial charge in [-0.25, -0.2) is 0 Å². The van der Waals surface area contributed by atoms with E-state index in [9.17, 15) is 18.0 Å². The largest absolute Gasteiger partial charge is 0.416 e. The van der Waals surface area contributed by atoms with Crippen molar-refractivity contribution in [1.82, 2.24) is 15.5 Å². The zero-order valence-corrected chi connectivity index (χ0v) is 17.3. The van der Waals surface area contributed by atoms with Gasteiger partial charge in [0.2, 0.25) is 5.91 Å². The smallest absolute Gasteiger partial charge is 0.370 e. The Bertz CT molecular complexity index is 735. The lowest BCUT2D eigenvalue weighted by atomic mass is 9.93. The van der Waals surface area contributed by atoms with Gasteiger partial charge in [0, 0.05) is 20.1 Å². The average Bonchev–Trinajstić information content (AvgIpc) is 2.70. The van der Waals surface area contributed by atoms with E-state index in [4.69, 9.17) is 4.74 Å². The van der Waals surface area contributed by atoms with Gasteiger partial charge < -0.3 is 20.3 Å². The van der Waals surface area contributed by atoms with Crippen molar-refractivity contribution in [1.29, 1.82) is 0 Å². The van der Waals surface area contributed by atoms with E-state index in [1.165, 1.54) is 6.07 Å². The predicted molar refractivity (Wildman–Crippen MR) is 106 cm³/mol. The number of ether oxygens (including phenoxy) is 1. The molecule has 0 saturated carbocycles. The SMILES string of the molecule is CCNC(=NCC(C)(C)C(=O)NC)N1CCOC(c2cccc(C(F)(F)F)c2)C1. The number of carbonyl (C=O) groups is 1. The first kappa shape index (κ1) is 23.0. The summed E-state index contributed by atoms with van der Waals surface area (Å²) in [5.41, 5.74) is -0.892. The Balaban J connectivity index is 2.18. The van der Waals surface area contributed by atoms with Crippen LogP contribution in [0, 0.1) is 5.41 Å². The Hall–Kier alpha value is -2.29. The van der Waals surface area contributed by atoms with E-state index in [0.717, 1.165) is 12.1 Å². The molecule has 6 nitrogen and oxygen atoms in total. The van der Waals surface area contributed by atoms with E-state index < -0.39 is 23.3 Å². The molecular formula is C20H29F3N4O2. The van der Waals surface area contributed by atoms with E-state index in [0.29, 0.717) is 37.8 Å². The minimum atomic E-state index is -4.40. The van der Waals surface area contributed by atoms with E-state index in [1.807, 2.05) is 25.7 Å². The molecule has 1 aromatic rings. The van der Waals surface area contributed by atoms with E-state index in [2.05, 4.69) is 15.6 Å². The lowest BCUT2D eigenvalue weighted by Crippen LogP contribution is -2.49. The molecule has 1 fully saturated rings. The van der Waals surface area contributed by atoms with Crippen molar-refractivity contribution in [2.45, 2.75) is 33.1 Å². The quantitative estimate of drug-likeness (QED) is 0.575. The highest BCUT2D eigenvalue weighted by molar-refractivity contribution is 5.83. The number of rotatable bonds is 5. The molecule has 9 heteroatoms. The van der Waals surface area contributed by atoms with Crippen LogP contribution in [-0.2, 0) is 15.7 Å². The molecule has 0 aromatic heterocycles. The van der Waals surface area contributed by atoms with Crippen molar-refractivity contribution in [2.24, 2.45) is 10.4 Å². The van der Waals surface area contributed by atoms with Gasteiger partial charge in [0.15, 0.2) is 5.96 Å². The molecule has 1 aliphatic heterocycles. The van der Waals surface area contributed by atoms with E-state index >= 15 is 0 Å². The lowest BCUT2D eigenvalue weighted by Gasteiger charge is -2.36. The van der Waals surface area contributed by atoms with Gasteiger partial charge in [0.05, 0.1) is 30.7 Å². The molecule has 29 heavy (non-hydrogen) atoms. The molecule has 1 aliphatic rings. The number of alkyl halides is 3. The van der Waals surface area contributed by atoms with E-state index in [-0.39, 0.29) is 12.5 Å². The molecular weight excluding hydrogens is 385 g/mol. The summed E-state index contributed by atoms with van der Waals surface area (Å²) in [6.45, 7) is 7.75. The van der Waals surface area contributed by atoms with Crippen molar-refractivity contribution in [3.05, 3.63) is 35.4 Å². The number of halogens is 3. The second-order valence-electron chi connectivity index (χ2n) is 7.56. The molecule has 0 radical (unpaired) electrons. The van der Waals surface area contributed by atoms with Gasteiger partial charge in [-0.3, -0.25) is 9.79 Å². The second-order valence-corrected chi connectivity index (χ2v) is 7.56. The first-order valence-corrected chi connectivity index (χ1v) is 9.62. The summed E-state index contributed by atoms with van der Waals surface area (Å²) in [6.07, 6.45) is -4.89. The number of morpholine rings is 1. The molecule has 0 bridgehead atoms. The van der Waals surface area contributed by atoms with Crippen molar-refractivity contribution in [2.75, 3.05) is 39.8 Å². The fraction of sp³-hybridized carbons (Fsp3) is 0.600. The highest BCUT2D eigenvalue weighted by atomic mass is 19.4. The molecule has 1 aromatic carbocycles. The van der Waals surface area contributed by atoms with Gasteiger partial charge in [-0.05, 0) is 38.5 Å². The van der Waals surface area contributed by atoms with Crippen LogP contribution in [0.25, 0.3) is 0 Å². The summed E-state index contributed by atoms with van der Waals surface area (Å²) in [6, 6.07) is 5.22. The fourth-order valence-electron chi connectivity index (χ4n) is 3.07. The van der Waals surface area contributed by atoms with Gasteiger partial charge in [0.1, 0.15) is 6.10 Å². The standard InChI is InChI=1S/C20H29F3N4O2/c1-5-25-18(26-13-19(2,3)17(28)24-4)27-9-10-29-16(12-27)14-7-6-8-15(11-14)20(21,22)23/h6-8,11,16H,5,9-10,12-13H2,1-4H3,(H,24,28)(H,25,26). The summed E-state index contributed by atoms with van der Waals surface area (Å²) in [5, 5.41) is 5.83. The Morgan fingerprint density at radius 3 is 2.69 bits per heavy atom. The first-order chi connectivity index (χ1) is 13.6. The van der Waals surface area contributed by atoms with Gasteiger partial charge in [-0.2, -0.15) is 13.2 Å². The van der Waals surface area contributed by atoms with Crippen LogP contribution in [0.3, 0.4) is 0 Å². The summed E-state index contributed by atoms with van der Waals surface area (Å²) in [7, 11) is 1.58. The molecule has 162 valence electrons. The summed E-state index contributed by atoms with van der Waals surface area (Å²) >= 11 is 0. The Labute approximate surface area is 169 Å². The van der Waals surface area contributed by atoms with Crippen molar-refractivity contribution in [3.63, 3.8) is 0 Å². The molecule has 0 aliphatic carbocycles. The zero-order chi connectivity index (χ0) is 21.7. The molecule has 1 atom stereocenters. The maximum atomic E-state index is 13.0. The van der Waals surface area contributed by atoms with Crippen LogP contribution in [0.15, 0.2) is 29.3 Å². The third-order valence-electron chi connectivity index (χ3n) is 4.75. The number of hydrogen-bond donors (Lipinski definition) is 2. The van der Waals surface area contributed by atoms with Crippen LogP contribution >= 0.6 is 0 Å². The fourth-order valence-corrected chi connectivity index (χ4v) is 3.07. The monoisotopic (exact) mass is 414 g/mol. The topological polar surface area (TPSA) is 66.0 Å². The molecule has 2 rings (SSSR count). The van der Waals surface area contributed by atoms with Crippen LogP contribution in [0.1, 0.15) is 38.0 Å². The van der Waals surface area contributed by atoms with Crippen LogP contribution in [0.5, 0.6) is 0 Å². The molecule has 0 spiro atoms. The molecule has 1 saturated heterocycles. The normalized spacial score (nSPS) is 18.5. The second kappa shape index (κ2) is 9.47. The first-order valence-electron chi connectivity index (χ1n) is 9.62. The van der Waals surface area contributed by atoms with Crippen molar-refractivity contribution < 1.29 is 22.7 Å². The van der Waals surface area contributed by atoms with Crippen LogP contribution in [0.4, 0.5) is 13.2 Å². The Morgan fingerprint density at radius 1 is 1.34 bits per heavy atom. The molecule has 1 heterocycles. The average molecular weight is 414 g/mol. The maximum Gasteiger partial charge on any atom is 0.416 e. The number of nitrogens with zero attached hydrogens (tertiary/aromatic N) is 2. The zero-order valence-electron chi connectivity index (χ0n) is 17.3. The maximum absolute atomic E-state index is 13.0. The number of aliphatic imine (C=N–C) groups is 1. The van der Waals surface area contributed by atoms with Gasteiger partial charge in [-0.1, -0.05) is 12.1 Å². The molecule has 1 unspecified atom stereocenters. The van der Waals surface area contributed by atoms with E-state index in [1.54, 1.807) is 13.1 Å². The predicted octanol–water partition coefficient (Wildman–Crippen LogP) is 2.82. The van der Waals surface area contributed by atoms with Crippen molar-refractivity contribution in [3.8, 4) is 0 Å². The summed E-state index contributed by atoms with van der Waals surface area (Å²) in [5.74, 6) is 0.505. The molecule has 1 amide bonds. The molecule has 2 N–H and O–H groups in total. The lowest BCUT2D eigenvalue weighted by molar-refractivity contribution is -0.137. The van der Waals surface area contributed by atoms with Crippen LogP contribution < -0.4 is 10.6 Å². The minimum absolute atomic E-state index is 0.110. The third-order valence-corrected chi connectivity index (χ3v) is 4.75. The Morgan fingerprint density at radius 2 is 2.07 bits per heavy atom. The Kier molecular flexibility index (Phi) is 7.51. The van der Waals surface area contributed by atoms with Crippen LogP contribution in [-0.4, -0.2) is 56.6 Å². The van der Waals surface area contributed by atoms with Crippen LogP contribution in [0.2, 0.25) is 0 Å². The summed E-state index contributed by atoms with van der Waals surface area (Å²) in [4.78, 5) is 18.6. The number of amides is 1. The highest BCUT2D eigenvalue weighted by Crippen LogP contribution is 2.32. The highest BCUT2D eigenvalue weighted by Gasteiger charge is 2.32. The number of carbonyl (C=O) groups excluding carboxylic acids is 1.